The third-order valence-corrected chi connectivity index (χ3v) is 2.95. The van der Waals surface area contributed by atoms with E-state index < -0.39 is 18.3 Å². The van der Waals surface area contributed by atoms with Crippen molar-refractivity contribution in [2.24, 2.45) is 5.92 Å². The second kappa shape index (κ2) is 8.67. The van der Waals surface area contributed by atoms with Crippen molar-refractivity contribution in [1.82, 2.24) is 0 Å². The SMILES string of the molecule is CCC(CC)COc1ccc(F)cc1[B-](F)(F)F.[K+]. The van der Waals surface area contributed by atoms with Gasteiger partial charge in [-0.1, -0.05) is 32.2 Å². The molecular formula is C12H16BF4KO. The average Bonchev–Trinajstić information content (AvgIpc) is 2.30. The molecule has 0 saturated heterocycles. The molecule has 0 N–H and O–H groups in total. The van der Waals surface area contributed by atoms with Crippen LogP contribution in [0.4, 0.5) is 17.3 Å². The van der Waals surface area contributed by atoms with Crippen LogP contribution in [0.3, 0.4) is 0 Å². The zero-order valence-corrected chi connectivity index (χ0v) is 14.6. The normalized spacial score (nSPS) is 11.3. The van der Waals surface area contributed by atoms with Crippen molar-refractivity contribution in [2.75, 3.05) is 6.61 Å². The topological polar surface area (TPSA) is 9.23 Å². The maximum absolute atomic E-state index is 12.9. The Balaban J connectivity index is 0.00000324. The first-order chi connectivity index (χ1) is 8.38. The van der Waals surface area contributed by atoms with Gasteiger partial charge in [-0.25, -0.2) is 4.39 Å². The van der Waals surface area contributed by atoms with E-state index >= 15 is 0 Å². The summed E-state index contributed by atoms with van der Waals surface area (Å²) < 4.78 is 56.3. The Morgan fingerprint density at radius 1 is 1.16 bits per heavy atom. The molecule has 0 aliphatic rings. The summed E-state index contributed by atoms with van der Waals surface area (Å²) in [6.07, 6.45) is 1.67. The van der Waals surface area contributed by atoms with Crippen LogP contribution in [0.5, 0.6) is 5.75 Å². The number of benzene rings is 1. The Labute approximate surface area is 153 Å². The monoisotopic (exact) mass is 302 g/mol. The van der Waals surface area contributed by atoms with E-state index in [1.807, 2.05) is 13.8 Å². The van der Waals surface area contributed by atoms with Gasteiger partial charge in [0.2, 0.25) is 0 Å². The fourth-order valence-electron chi connectivity index (χ4n) is 1.64. The molecule has 0 fully saturated rings. The van der Waals surface area contributed by atoms with Crippen molar-refractivity contribution < 1.29 is 73.5 Å². The number of halogens is 4. The largest absolute Gasteiger partial charge is 1.00 e. The van der Waals surface area contributed by atoms with Gasteiger partial charge in [-0.05, 0) is 24.1 Å². The molecule has 1 nitrogen and oxygen atoms in total. The molecule has 19 heavy (non-hydrogen) atoms. The molecule has 0 aliphatic carbocycles. The third kappa shape index (κ3) is 6.16. The van der Waals surface area contributed by atoms with Gasteiger partial charge < -0.3 is 17.7 Å². The van der Waals surface area contributed by atoms with E-state index in [1.54, 1.807) is 0 Å². The van der Waals surface area contributed by atoms with Gasteiger partial charge in [0.05, 0.1) is 12.4 Å². The fourth-order valence-corrected chi connectivity index (χ4v) is 1.64. The molecule has 0 spiro atoms. The van der Waals surface area contributed by atoms with Crippen molar-refractivity contribution in [3.63, 3.8) is 0 Å². The Kier molecular flexibility index (Phi) is 8.87. The molecule has 7 heteroatoms. The fraction of sp³-hybridized carbons (Fsp3) is 0.500. The number of rotatable bonds is 6. The molecule has 0 aromatic heterocycles. The van der Waals surface area contributed by atoms with E-state index in [0.29, 0.717) is 6.07 Å². The Morgan fingerprint density at radius 2 is 1.74 bits per heavy atom. The van der Waals surface area contributed by atoms with Crippen LogP contribution in [-0.4, -0.2) is 13.6 Å². The van der Waals surface area contributed by atoms with Crippen LogP contribution in [0.2, 0.25) is 0 Å². The molecule has 1 rings (SSSR count). The third-order valence-electron chi connectivity index (χ3n) is 2.95. The van der Waals surface area contributed by atoms with Crippen molar-refractivity contribution in [3.05, 3.63) is 24.0 Å². The standard InChI is InChI=1S/C12H16BF4O.K/c1-3-9(4-2)8-18-12-6-5-10(14)7-11(12)13(15,16)17;/h5-7,9H,3-4,8H2,1-2H3;/q-1;+1. The molecule has 1 aromatic carbocycles. The first kappa shape index (κ1) is 19.4. The minimum atomic E-state index is -5.26. The number of hydrogen-bond acceptors (Lipinski definition) is 1. The first-order valence-corrected chi connectivity index (χ1v) is 6.00. The Bertz CT molecular complexity index is 394. The van der Waals surface area contributed by atoms with E-state index in [9.17, 15) is 17.3 Å². The molecular weight excluding hydrogens is 286 g/mol. The van der Waals surface area contributed by atoms with Gasteiger partial charge in [0.15, 0.2) is 0 Å². The van der Waals surface area contributed by atoms with Crippen LogP contribution in [-0.2, 0) is 0 Å². The molecule has 0 aliphatic heterocycles. The van der Waals surface area contributed by atoms with Crippen LogP contribution in [0.15, 0.2) is 18.2 Å². The molecule has 0 radical (unpaired) electrons. The predicted octanol–water partition coefficient (Wildman–Crippen LogP) is 0.699. The van der Waals surface area contributed by atoms with Gasteiger partial charge in [-0.3, -0.25) is 0 Å². The summed E-state index contributed by atoms with van der Waals surface area (Å²) in [7, 11) is 0. The van der Waals surface area contributed by atoms with Crippen LogP contribution in [0.1, 0.15) is 26.7 Å². The van der Waals surface area contributed by atoms with Gasteiger partial charge >= 0.3 is 58.4 Å². The second-order valence-corrected chi connectivity index (χ2v) is 4.25. The maximum Gasteiger partial charge on any atom is 1.00 e. The second-order valence-electron chi connectivity index (χ2n) is 4.25. The minimum Gasteiger partial charge on any atom is -0.496 e. The summed E-state index contributed by atoms with van der Waals surface area (Å²) in [5.74, 6) is -0.974. The summed E-state index contributed by atoms with van der Waals surface area (Å²) in [5.41, 5.74) is -0.999. The van der Waals surface area contributed by atoms with Crippen LogP contribution in [0, 0.1) is 11.7 Å². The van der Waals surface area contributed by atoms with E-state index in [2.05, 4.69) is 0 Å². The van der Waals surface area contributed by atoms with Crippen molar-refractivity contribution >= 4 is 12.4 Å². The summed E-state index contributed by atoms with van der Waals surface area (Å²) in [4.78, 5) is 0. The summed E-state index contributed by atoms with van der Waals surface area (Å²) in [6.45, 7) is -1.13. The van der Waals surface area contributed by atoms with E-state index in [4.69, 9.17) is 4.74 Å². The Hall–Kier alpha value is 0.441. The molecule has 0 heterocycles. The molecule has 0 saturated carbocycles. The minimum absolute atomic E-state index is 0. The molecule has 0 amide bonds. The predicted molar refractivity (Wildman–Crippen MR) is 64.7 cm³/mol. The first-order valence-electron chi connectivity index (χ1n) is 6.00. The van der Waals surface area contributed by atoms with Crippen LogP contribution >= 0.6 is 0 Å². The summed E-state index contributed by atoms with van der Waals surface area (Å²) in [5, 5.41) is 0. The smallest absolute Gasteiger partial charge is 0.496 e. The van der Waals surface area contributed by atoms with Crippen molar-refractivity contribution in [1.29, 1.82) is 0 Å². The van der Waals surface area contributed by atoms with Gasteiger partial charge in [-0.2, -0.15) is 0 Å². The Morgan fingerprint density at radius 3 is 2.21 bits per heavy atom. The van der Waals surface area contributed by atoms with Gasteiger partial charge in [-0.15, -0.1) is 0 Å². The average molecular weight is 302 g/mol. The quantitative estimate of drug-likeness (QED) is 0.555. The van der Waals surface area contributed by atoms with E-state index in [-0.39, 0.29) is 69.7 Å². The van der Waals surface area contributed by atoms with Crippen LogP contribution in [0.25, 0.3) is 0 Å². The molecule has 102 valence electrons. The summed E-state index contributed by atoms with van der Waals surface area (Å²) in [6, 6.07) is 2.51. The van der Waals surface area contributed by atoms with Crippen LogP contribution < -0.4 is 61.6 Å². The maximum atomic E-state index is 12.9. The molecule has 0 unspecified atom stereocenters. The zero-order chi connectivity index (χ0) is 13.8. The number of ether oxygens (including phenoxy) is 1. The van der Waals surface area contributed by atoms with Crippen molar-refractivity contribution in [2.45, 2.75) is 26.7 Å². The molecule has 0 atom stereocenters. The molecule has 1 aromatic rings. The zero-order valence-electron chi connectivity index (χ0n) is 11.4. The van der Waals surface area contributed by atoms with Gasteiger partial charge in [0.25, 0.3) is 0 Å². The summed E-state index contributed by atoms with van der Waals surface area (Å²) >= 11 is 0. The van der Waals surface area contributed by atoms with Crippen molar-refractivity contribution in [3.8, 4) is 5.75 Å². The van der Waals surface area contributed by atoms with E-state index in [0.717, 1.165) is 25.0 Å². The van der Waals surface area contributed by atoms with E-state index in [1.165, 1.54) is 0 Å². The molecule has 0 bridgehead atoms. The van der Waals surface area contributed by atoms with Gasteiger partial charge in [0.1, 0.15) is 5.82 Å². The number of hydrogen-bond donors (Lipinski definition) is 0. The van der Waals surface area contributed by atoms with Gasteiger partial charge in [0, 0.05) is 0 Å².